The zero-order chi connectivity index (χ0) is 14.8. The molecule has 1 atom stereocenters. The number of nitrogens with one attached hydrogen (secondary N) is 2. The van der Waals surface area contributed by atoms with E-state index in [0.29, 0.717) is 25.1 Å². The fourth-order valence-electron chi connectivity index (χ4n) is 2.14. The van der Waals surface area contributed by atoms with Crippen molar-refractivity contribution in [2.24, 2.45) is 5.92 Å². The van der Waals surface area contributed by atoms with Crippen molar-refractivity contribution < 1.29 is 22.4 Å². The van der Waals surface area contributed by atoms with Crippen LogP contribution in [0, 0.1) is 11.7 Å². The minimum Gasteiger partial charge on any atom is -0.326 e. The third-order valence-corrected chi connectivity index (χ3v) is 3.21. The quantitative estimate of drug-likeness (QED) is 0.822. The van der Waals surface area contributed by atoms with Gasteiger partial charge in [-0.05, 0) is 37.6 Å². The molecule has 0 bridgehead atoms. The maximum Gasteiger partial charge on any atom is 0.419 e. The van der Waals surface area contributed by atoms with Gasteiger partial charge in [-0.15, -0.1) is 0 Å². The van der Waals surface area contributed by atoms with E-state index in [1.807, 2.05) is 0 Å². The molecule has 7 heteroatoms. The lowest BCUT2D eigenvalue weighted by molar-refractivity contribution is -0.140. The molecule has 110 valence electrons. The fraction of sp³-hybridized carbons (Fsp3) is 0.462. The van der Waals surface area contributed by atoms with E-state index in [0.717, 1.165) is 19.0 Å². The Bertz CT molecular complexity index is 496. The first-order valence-corrected chi connectivity index (χ1v) is 6.26. The van der Waals surface area contributed by atoms with Crippen molar-refractivity contribution >= 4 is 11.6 Å². The van der Waals surface area contributed by atoms with Gasteiger partial charge in [-0.2, -0.15) is 13.2 Å². The molecule has 1 unspecified atom stereocenters. The molecule has 0 saturated carbocycles. The molecule has 0 radical (unpaired) electrons. The lowest BCUT2D eigenvalue weighted by Gasteiger charge is -2.22. The van der Waals surface area contributed by atoms with Crippen LogP contribution in [0.25, 0.3) is 0 Å². The number of hydrogen-bond acceptors (Lipinski definition) is 2. The molecular formula is C13H14F4N2O. The summed E-state index contributed by atoms with van der Waals surface area (Å²) in [5.74, 6) is -1.98. The predicted molar refractivity (Wildman–Crippen MR) is 65.6 cm³/mol. The maximum atomic E-state index is 13.1. The first kappa shape index (κ1) is 14.8. The second kappa shape index (κ2) is 5.78. The van der Waals surface area contributed by atoms with Gasteiger partial charge in [0.2, 0.25) is 5.91 Å². The van der Waals surface area contributed by atoms with Crippen LogP contribution in [0.2, 0.25) is 0 Å². The molecular weight excluding hydrogens is 276 g/mol. The summed E-state index contributed by atoms with van der Waals surface area (Å²) in [4.78, 5) is 11.9. The first-order valence-electron chi connectivity index (χ1n) is 6.26. The van der Waals surface area contributed by atoms with Gasteiger partial charge in [0, 0.05) is 12.2 Å². The Balaban J connectivity index is 2.11. The number of halogens is 4. The highest BCUT2D eigenvalue weighted by atomic mass is 19.4. The Labute approximate surface area is 113 Å². The van der Waals surface area contributed by atoms with E-state index in [1.54, 1.807) is 0 Å². The zero-order valence-electron chi connectivity index (χ0n) is 10.6. The van der Waals surface area contributed by atoms with Crippen LogP contribution in [0.3, 0.4) is 0 Å². The highest BCUT2D eigenvalue weighted by molar-refractivity contribution is 5.92. The maximum absolute atomic E-state index is 13.1. The molecule has 2 rings (SSSR count). The summed E-state index contributed by atoms with van der Waals surface area (Å²) in [6.07, 6.45) is -3.25. The minimum absolute atomic E-state index is 0.0469. The average molecular weight is 290 g/mol. The summed E-state index contributed by atoms with van der Waals surface area (Å²) in [5.41, 5.74) is -1.42. The minimum atomic E-state index is -4.78. The molecule has 0 spiro atoms. The normalized spacial score (nSPS) is 19.7. The number of rotatable bonds is 2. The van der Waals surface area contributed by atoms with E-state index in [9.17, 15) is 22.4 Å². The Morgan fingerprint density at radius 3 is 2.70 bits per heavy atom. The van der Waals surface area contributed by atoms with Crippen LogP contribution in [-0.4, -0.2) is 19.0 Å². The molecule has 1 aliphatic rings. The van der Waals surface area contributed by atoms with Gasteiger partial charge in [0.1, 0.15) is 5.82 Å². The van der Waals surface area contributed by atoms with Crippen molar-refractivity contribution in [3.8, 4) is 0 Å². The van der Waals surface area contributed by atoms with Crippen molar-refractivity contribution in [3.63, 3.8) is 0 Å². The monoisotopic (exact) mass is 290 g/mol. The number of piperidine rings is 1. The first-order chi connectivity index (χ1) is 9.38. The third-order valence-electron chi connectivity index (χ3n) is 3.21. The molecule has 3 nitrogen and oxygen atoms in total. The number of amides is 1. The van der Waals surface area contributed by atoms with Gasteiger partial charge in [0.15, 0.2) is 0 Å². The van der Waals surface area contributed by atoms with Gasteiger partial charge in [-0.25, -0.2) is 4.39 Å². The van der Waals surface area contributed by atoms with Gasteiger partial charge in [0.25, 0.3) is 0 Å². The Hall–Kier alpha value is -1.63. The molecule has 1 aromatic carbocycles. The van der Waals surface area contributed by atoms with E-state index in [4.69, 9.17) is 0 Å². The molecule has 0 aliphatic carbocycles. The summed E-state index contributed by atoms with van der Waals surface area (Å²) < 4.78 is 50.8. The number of anilines is 1. The Kier molecular flexibility index (Phi) is 4.27. The van der Waals surface area contributed by atoms with Crippen molar-refractivity contribution in [1.29, 1.82) is 0 Å². The van der Waals surface area contributed by atoms with Crippen molar-refractivity contribution in [2.45, 2.75) is 19.0 Å². The molecule has 0 aromatic heterocycles. The zero-order valence-corrected chi connectivity index (χ0v) is 10.6. The smallest absolute Gasteiger partial charge is 0.326 e. The second-order valence-corrected chi connectivity index (χ2v) is 4.72. The predicted octanol–water partition coefficient (Wildman–Crippen LogP) is 2.78. The molecule has 1 heterocycles. The van der Waals surface area contributed by atoms with Gasteiger partial charge < -0.3 is 10.6 Å². The molecule has 1 saturated heterocycles. The van der Waals surface area contributed by atoms with Crippen molar-refractivity contribution in [3.05, 3.63) is 29.6 Å². The van der Waals surface area contributed by atoms with Crippen LogP contribution in [-0.2, 0) is 11.0 Å². The largest absolute Gasteiger partial charge is 0.419 e. The summed E-state index contributed by atoms with van der Waals surface area (Å²) in [7, 11) is 0. The van der Waals surface area contributed by atoms with E-state index in [1.165, 1.54) is 0 Å². The van der Waals surface area contributed by atoms with E-state index in [-0.39, 0.29) is 17.5 Å². The van der Waals surface area contributed by atoms with Crippen LogP contribution in [0.5, 0.6) is 0 Å². The van der Waals surface area contributed by atoms with Gasteiger partial charge in [0.05, 0.1) is 11.5 Å². The van der Waals surface area contributed by atoms with Gasteiger partial charge >= 0.3 is 6.18 Å². The standard InChI is InChI=1S/C13H14F4N2O/c14-11-4-3-9(6-10(11)13(15,16)17)19-12(20)8-2-1-5-18-7-8/h3-4,6,8,18H,1-2,5,7H2,(H,19,20). The summed E-state index contributed by atoms with van der Waals surface area (Å²) >= 11 is 0. The molecule has 1 fully saturated rings. The third kappa shape index (κ3) is 3.47. The van der Waals surface area contributed by atoms with Crippen LogP contribution in [0.4, 0.5) is 23.2 Å². The molecule has 1 aliphatic heterocycles. The van der Waals surface area contributed by atoms with E-state index in [2.05, 4.69) is 10.6 Å². The fourth-order valence-corrected chi connectivity index (χ4v) is 2.14. The average Bonchev–Trinajstić information content (AvgIpc) is 2.40. The van der Waals surface area contributed by atoms with Crippen molar-refractivity contribution in [1.82, 2.24) is 5.32 Å². The van der Waals surface area contributed by atoms with Crippen LogP contribution < -0.4 is 10.6 Å². The number of alkyl halides is 3. The van der Waals surface area contributed by atoms with E-state index >= 15 is 0 Å². The topological polar surface area (TPSA) is 41.1 Å². The number of hydrogen-bond donors (Lipinski definition) is 2. The van der Waals surface area contributed by atoms with Gasteiger partial charge in [-0.1, -0.05) is 0 Å². The molecule has 2 N–H and O–H groups in total. The second-order valence-electron chi connectivity index (χ2n) is 4.72. The Morgan fingerprint density at radius 1 is 1.35 bits per heavy atom. The SMILES string of the molecule is O=C(Nc1ccc(F)c(C(F)(F)F)c1)C1CCCNC1. The number of carbonyl (C=O) groups excluding carboxylic acids is 1. The Morgan fingerprint density at radius 2 is 2.10 bits per heavy atom. The summed E-state index contributed by atoms with van der Waals surface area (Å²) in [6, 6.07) is 2.44. The molecule has 1 aromatic rings. The van der Waals surface area contributed by atoms with E-state index < -0.39 is 17.6 Å². The van der Waals surface area contributed by atoms with Gasteiger partial charge in [-0.3, -0.25) is 4.79 Å². The molecule has 1 amide bonds. The van der Waals surface area contributed by atoms with Crippen LogP contribution >= 0.6 is 0 Å². The molecule has 20 heavy (non-hydrogen) atoms. The lowest BCUT2D eigenvalue weighted by atomic mass is 9.98. The summed E-state index contributed by atoms with van der Waals surface area (Å²) in [5, 5.41) is 5.45. The lowest BCUT2D eigenvalue weighted by Crippen LogP contribution is -2.37. The van der Waals surface area contributed by atoms with Crippen molar-refractivity contribution in [2.75, 3.05) is 18.4 Å². The van der Waals surface area contributed by atoms with Crippen LogP contribution in [0.15, 0.2) is 18.2 Å². The van der Waals surface area contributed by atoms with Crippen LogP contribution in [0.1, 0.15) is 18.4 Å². The number of carbonyl (C=O) groups is 1. The summed E-state index contributed by atoms with van der Waals surface area (Å²) in [6.45, 7) is 1.33. The number of benzene rings is 1. The highest BCUT2D eigenvalue weighted by Crippen LogP contribution is 2.33. The highest BCUT2D eigenvalue weighted by Gasteiger charge is 2.34.